The van der Waals surface area contributed by atoms with Gasteiger partial charge in [0.1, 0.15) is 6.54 Å². The van der Waals surface area contributed by atoms with Gasteiger partial charge < -0.3 is 14.6 Å². The van der Waals surface area contributed by atoms with Gasteiger partial charge in [-0.15, -0.1) is 0 Å². The van der Waals surface area contributed by atoms with E-state index in [1.54, 1.807) is 17.0 Å². The molecule has 1 N–H and O–H groups in total. The molecule has 27 heavy (non-hydrogen) atoms. The first-order valence-corrected chi connectivity index (χ1v) is 9.07. The number of carboxylic acid groups (broad SMARTS) is 1. The Morgan fingerprint density at radius 3 is 2.19 bits per heavy atom. The summed E-state index contributed by atoms with van der Waals surface area (Å²) >= 11 is 0. The molecule has 0 radical (unpaired) electrons. The summed E-state index contributed by atoms with van der Waals surface area (Å²) in [5.41, 5.74) is 1.37. The van der Waals surface area contributed by atoms with Crippen LogP contribution in [0.25, 0.3) is 21.8 Å². The summed E-state index contributed by atoms with van der Waals surface area (Å²) in [6.45, 7) is 0.885. The number of hydrogen-bond acceptors (Lipinski definition) is 3. The van der Waals surface area contributed by atoms with Crippen molar-refractivity contribution >= 4 is 33.7 Å². The van der Waals surface area contributed by atoms with Gasteiger partial charge in [0.05, 0.1) is 17.0 Å². The smallest absolute Gasteiger partial charge is 0.308 e. The topological polar surface area (TPSA) is 79.6 Å². The number of fused-ring (bicyclic) bond motifs is 2. The maximum Gasteiger partial charge on any atom is 0.308 e. The van der Waals surface area contributed by atoms with E-state index in [4.69, 9.17) is 0 Å². The van der Waals surface area contributed by atoms with Gasteiger partial charge in [0.15, 0.2) is 5.43 Å². The van der Waals surface area contributed by atoms with Crippen LogP contribution < -0.4 is 5.43 Å². The number of carbonyl (C=O) groups is 2. The predicted octanol–water partition coefficient (Wildman–Crippen LogP) is 2.48. The number of piperidine rings is 1. The highest BCUT2D eigenvalue weighted by molar-refractivity contribution is 5.94. The minimum absolute atomic E-state index is 0.0474. The number of rotatable bonds is 3. The van der Waals surface area contributed by atoms with E-state index in [2.05, 4.69) is 0 Å². The number of likely N-dealkylation sites (tertiary alicyclic amines) is 1. The minimum atomic E-state index is -0.855. The van der Waals surface area contributed by atoms with Gasteiger partial charge >= 0.3 is 5.97 Å². The summed E-state index contributed by atoms with van der Waals surface area (Å²) in [5.74, 6) is -1.49. The monoisotopic (exact) mass is 364 g/mol. The fourth-order valence-electron chi connectivity index (χ4n) is 3.89. The van der Waals surface area contributed by atoms with Crippen LogP contribution in [0, 0.1) is 5.92 Å². The van der Waals surface area contributed by atoms with Crippen molar-refractivity contribution in [2.24, 2.45) is 5.92 Å². The molecule has 0 spiro atoms. The normalized spacial score (nSPS) is 17.3. The van der Waals surface area contributed by atoms with Gasteiger partial charge in [0.2, 0.25) is 5.91 Å². The maximum atomic E-state index is 12.9. The van der Waals surface area contributed by atoms with E-state index in [-0.39, 0.29) is 24.4 Å². The molecule has 1 fully saturated rings. The molecule has 2 aromatic carbocycles. The Bertz CT molecular complexity index is 1040. The summed E-state index contributed by atoms with van der Waals surface area (Å²) < 4.78 is 1.86. The first-order chi connectivity index (χ1) is 13.1. The van der Waals surface area contributed by atoms with E-state index in [1.807, 2.05) is 41.0 Å². The Kier molecular flexibility index (Phi) is 4.39. The van der Waals surface area contributed by atoms with Crippen molar-refractivity contribution in [3.8, 4) is 0 Å². The van der Waals surface area contributed by atoms with Gasteiger partial charge in [-0.3, -0.25) is 14.4 Å². The zero-order valence-electron chi connectivity index (χ0n) is 14.8. The van der Waals surface area contributed by atoms with E-state index in [0.717, 1.165) is 0 Å². The highest BCUT2D eigenvalue weighted by Crippen LogP contribution is 2.21. The van der Waals surface area contributed by atoms with Gasteiger partial charge in [-0.05, 0) is 37.1 Å². The van der Waals surface area contributed by atoms with Crippen LogP contribution in [0.2, 0.25) is 0 Å². The molecule has 1 unspecified atom stereocenters. The summed E-state index contributed by atoms with van der Waals surface area (Å²) in [6.07, 6.45) is 1.29. The van der Waals surface area contributed by atoms with Crippen LogP contribution in [0.5, 0.6) is 0 Å². The number of carboxylic acids is 1. The number of aliphatic carboxylic acids is 1. The van der Waals surface area contributed by atoms with Crippen molar-refractivity contribution in [3.63, 3.8) is 0 Å². The van der Waals surface area contributed by atoms with E-state index >= 15 is 0 Å². The van der Waals surface area contributed by atoms with Gasteiger partial charge in [-0.2, -0.15) is 0 Å². The molecule has 4 rings (SSSR count). The molecule has 0 bridgehead atoms. The molecule has 6 heteroatoms. The van der Waals surface area contributed by atoms with E-state index in [1.165, 1.54) is 0 Å². The standard InChI is InChI=1S/C21H20N2O4/c24-19(22-11-5-6-14(12-22)21(26)27)13-23-17-9-3-1-7-15(17)20(25)16-8-2-4-10-18(16)23/h1-4,7-10,14H,5-6,11-13H2,(H,26,27). The molecule has 1 aliphatic rings. The Hall–Kier alpha value is -3.15. The maximum absolute atomic E-state index is 12.9. The number of para-hydroxylation sites is 2. The van der Waals surface area contributed by atoms with Gasteiger partial charge in [-0.25, -0.2) is 0 Å². The van der Waals surface area contributed by atoms with Crippen LogP contribution in [0.4, 0.5) is 0 Å². The van der Waals surface area contributed by atoms with Crippen LogP contribution in [0.1, 0.15) is 12.8 Å². The number of amides is 1. The second-order valence-corrected chi connectivity index (χ2v) is 6.97. The van der Waals surface area contributed by atoms with Gasteiger partial charge in [-0.1, -0.05) is 24.3 Å². The van der Waals surface area contributed by atoms with E-state index in [0.29, 0.717) is 41.2 Å². The lowest BCUT2D eigenvalue weighted by atomic mass is 9.98. The van der Waals surface area contributed by atoms with Gasteiger partial charge in [0, 0.05) is 23.9 Å². The van der Waals surface area contributed by atoms with Crippen molar-refractivity contribution in [1.82, 2.24) is 9.47 Å². The molecule has 1 aromatic heterocycles. The van der Waals surface area contributed by atoms with E-state index in [9.17, 15) is 19.5 Å². The zero-order valence-corrected chi connectivity index (χ0v) is 14.8. The summed E-state index contributed by atoms with van der Waals surface area (Å²) in [7, 11) is 0. The lowest BCUT2D eigenvalue weighted by Crippen LogP contribution is -2.43. The average molecular weight is 364 g/mol. The Labute approximate surface area is 155 Å². The van der Waals surface area contributed by atoms with Gasteiger partial charge in [0.25, 0.3) is 0 Å². The number of hydrogen-bond donors (Lipinski definition) is 1. The fourth-order valence-corrected chi connectivity index (χ4v) is 3.89. The molecular weight excluding hydrogens is 344 g/mol. The second kappa shape index (κ2) is 6.87. The second-order valence-electron chi connectivity index (χ2n) is 6.97. The molecular formula is C21H20N2O4. The molecule has 0 saturated carbocycles. The molecule has 6 nitrogen and oxygen atoms in total. The first-order valence-electron chi connectivity index (χ1n) is 9.07. The van der Waals surface area contributed by atoms with Crippen LogP contribution in [-0.2, 0) is 16.1 Å². The summed E-state index contributed by atoms with van der Waals surface area (Å²) in [4.78, 5) is 38.6. The highest BCUT2D eigenvalue weighted by Gasteiger charge is 2.28. The van der Waals surface area contributed by atoms with Crippen LogP contribution in [0.15, 0.2) is 53.3 Å². The quantitative estimate of drug-likeness (QED) is 0.724. The van der Waals surface area contributed by atoms with Crippen molar-refractivity contribution in [3.05, 3.63) is 58.8 Å². The predicted molar refractivity (Wildman–Crippen MR) is 103 cm³/mol. The SMILES string of the molecule is O=C(O)C1CCCN(C(=O)Cn2c3ccccc3c(=O)c3ccccc32)C1. The fraction of sp³-hybridized carbons (Fsp3) is 0.286. The molecule has 138 valence electrons. The molecule has 1 atom stereocenters. The van der Waals surface area contributed by atoms with Crippen LogP contribution in [-0.4, -0.2) is 39.5 Å². The minimum Gasteiger partial charge on any atom is -0.481 e. The third-order valence-electron chi connectivity index (χ3n) is 5.30. The number of benzene rings is 2. The largest absolute Gasteiger partial charge is 0.481 e. The molecule has 1 amide bonds. The number of carbonyl (C=O) groups excluding carboxylic acids is 1. The summed E-state index contributed by atoms with van der Waals surface area (Å²) in [5, 5.41) is 10.4. The highest BCUT2D eigenvalue weighted by atomic mass is 16.4. The van der Waals surface area contributed by atoms with Crippen molar-refractivity contribution in [1.29, 1.82) is 0 Å². The van der Waals surface area contributed by atoms with E-state index < -0.39 is 11.9 Å². The number of aromatic nitrogens is 1. The van der Waals surface area contributed by atoms with Crippen LogP contribution in [0.3, 0.4) is 0 Å². The Morgan fingerprint density at radius 2 is 1.59 bits per heavy atom. The number of pyridine rings is 1. The zero-order chi connectivity index (χ0) is 19.0. The van der Waals surface area contributed by atoms with Crippen molar-refractivity contribution in [2.45, 2.75) is 19.4 Å². The Balaban J connectivity index is 1.77. The molecule has 1 aliphatic heterocycles. The molecule has 1 saturated heterocycles. The molecule has 0 aliphatic carbocycles. The van der Waals surface area contributed by atoms with Crippen LogP contribution >= 0.6 is 0 Å². The first kappa shape index (κ1) is 17.3. The van der Waals surface area contributed by atoms with Crippen molar-refractivity contribution in [2.75, 3.05) is 13.1 Å². The molecule has 2 heterocycles. The lowest BCUT2D eigenvalue weighted by molar-refractivity contribution is -0.145. The van der Waals surface area contributed by atoms with Crippen molar-refractivity contribution < 1.29 is 14.7 Å². The third-order valence-corrected chi connectivity index (χ3v) is 5.30. The summed E-state index contributed by atoms with van der Waals surface area (Å²) in [6, 6.07) is 14.5. The molecule has 3 aromatic rings. The lowest BCUT2D eigenvalue weighted by Gasteiger charge is -2.31. The third kappa shape index (κ3) is 3.07. The average Bonchev–Trinajstić information content (AvgIpc) is 2.71. The Morgan fingerprint density at radius 1 is 1.00 bits per heavy atom. The number of nitrogens with zero attached hydrogens (tertiary/aromatic N) is 2.